The van der Waals surface area contributed by atoms with Crippen molar-refractivity contribution in [2.75, 3.05) is 0 Å². The first-order valence-corrected chi connectivity index (χ1v) is 9.76. The largest absolute Gasteiger partial charge is 0.413 e. The Morgan fingerprint density at radius 3 is 1.74 bits per heavy atom. The summed E-state index contributed by atoms with van der Waals surface area (Å²) in [6, 6.07) is 0. The molecule has 1 saturated carbocycles. The Kier molecular flexibility index (Phi) is 5.27. The fourth-order valence-corrected chi connectivity index (χ4v) is 9.54. The summed E-state index contributed by atoms with van der Waals surface area (Å²) >= 11 is 0. The topological polar surface area (TPSA) is 49.7 Å². The Morgan fingerprint density at radius 2 is 1.47 bits per heavy atom. The normalized spacial score (nSPS) is 32.8. The van der Waals surface area contributed by atoms with E-state index in [9.17, 15) is 10.2 Å². The summed E-state index contributed by atoms with van der Waals surface area (Å²) in [5.41, 5.74) is 0.621. The van der Waals surface area contributed by atoms with Crippen molar-refractivity contribution in [2.24, 2.45) is 0 Å². The first-order valence-electron chi connectivity index (χ1n) is 7.62. The zero-order chi connectivity index (χ0) is 15.0. The van der Waals surface area contributed by atoms with Crippen molar-refractivity contribution in [3.05, 3.63) is 0 Å². The minimum Gasteiger partial charge on any atom is -0.413 e. The third-order valence-electron chi connectivity index (χ3n) is 4.92. The zero-order valence-corrected chi connectivity index (χ0v) is 14.6. The molecule has 0 aromatic heterocycles. The monoisotopic (exact) mass is 288 g/mol. The first kappa shape index (κ1) is 17.1. The average molecular weight is 289 g/mol. The van der Waals surface area contributed by atoms with E-state index >= 15 is 0 Å². The Hall–Kier alpha value is 0.0969. The predicted molar refractivity (Wildman–Crippen MR) is 81.8 cm³/mol. The molecule has 1 rings (SSSR count). The molecule has 19 heavy (non-hydrogen) atoms. The lowest BCUT2D eigenvalue weighted by Crippen LogP contribution is -2.50. The fraction of sp³-hybridized carbons (Fsp3) is 1.00. The standard InChI is InChI=1S/C15H32O3Si/c1-10(2)19(11(3)4,12(5)6)18-13-8-14(16)15(7,17)9-13/h10-14,16-17H,8-9H2,1-7H3/t13?,14-,15+/m0/s1. The van der Waals surface area contributed by atoms with Crippen LogP contribution in [0.4, 0.5) is 0 Å². The van der Waals surface area contributed by atoms with Crippen LogP contribution in [-0.2, 0) is 4.43 Å². The molecule has 0 spiro atoms. The predicted octanol–water partition coefficient (Wildman–Crippen LogP) is 3.45. The van der Waals surface area contributed by atoms with Gasteiger partial charge in [-0.2, -0.15) is 0 Å². The highest BCUT2D eigenvalue weighted by Gasteiger charge is 2.50. The smallest absolute Gasteiger partial charge is 0.200 e. The van der Waals surface area contributed by atoms with Crippen LogP contribution >= 0.6 is 0 Å². The molecular formula is C15H32O3Si. The quantitative estimate of drug-likeness (QED) is 0.762. The molecule has 2 N–H and O–H groups in total. The molecule has 3 nitrogen and oxygen atoms in total. The maximum Gasteiger partial charge on any atom is 0.200 e. The number of aliphatic hydroxyl groups excluding tert-OH is 1. The second-order valence-electron chi connectivity index (χ2n) is 7.37. The Labute approximate surface area is 119 Å². The molecule has 1 aliphatic rings. The Bertz CT molecular complexity index is 278. The molecule has 3 atom stereocenters. The molecule has 0 saturated heterocycles. The summed E-state index contributed by atoms with van der Waals surface area (Å²) < 4.78 is 6.61. The van der Waals surface area contributed by atoms with Crippen molar-refractivity contribution in [1.82, 2.24) is 0 Å². The van der Waals surface area contributed by atoms with Crippen molar-refractivity contribution in [3.8, 4) is 0 Å². The average Bonchev–Trinajstić information content (AvgIpc) is 2.47. The minimum atomic E-state index is -1.91. The first-order chi connectivity index (χ1) is 8.54. The van der Waals surface area contributed by atoms with Gasteiger partial charge in [-0.25, -0.2) is 0 Å². The molecule has 0 bridgehead atoms. The van der Waals surface area contributed by atoms with Crippen LogP contribution in [-0.4, -0.2) is 36.3 Å². The van der Waals surface area contributed by atoms with Gasteiger partial charge in [-0.05, 0) is 23.5 Å². The fourth-order valence-electron chi connectivity index (χ4n) is 3.97. The van der Waals surface area contributed by atoms with Crippen molar-refractivity contribution in [3.63, 3.8) is 0 Å². The lowest BCUT2D eigenvalue weighted by molar-refractivity contribution is -0.0391. The van der Waals surface area contributed by atoms with Gasteiger partial charge in [0.05, 0.1) is 17.8 Å². The molecule has 0 amide bonds. The summed E-state index contributed by atoms with van der Waals surface area (Å²) in [4.78, 5) is 0. The van der Waals surface area contributed by atoms with E-state index in [4.69, 9.17) is 4.43 Å². The van der Waals surface area contributed by atoms with Crippen LogP contribution in [0.3, 0.4) is 0 Å². The molecule has 4 heteroatoms. The second-order valence-corrected chi connectivity index (χ2v) is 12.8. The molecule has 0 aliphatic heterocycles. The van der Waals surface area contributed by atoms with Gasteiger partial charge in [-0.15, -0.1) is 0 Å². The minimum absolute atomic E-state index is 0.00358. The van der Waals surface area contributed by atoms with E-state index in [0.717, 1.165) is 0 Å². The molecule has 114 valence electrons. The van der Waals surface area contributed by atoms with E-state index in [2.05, 4.69) is 41.5 Å². The van der Waals surface area contributed by atoms with E-state index in [1.165, 1.54) is 0 Å². The number of aliphatic hydroxyl groups is 2. The van der Waals surface area contributed by atoms with Crippen LogP contribution in [0.2, 0.25) is 16.6 Å². The van der Waals surface area contributed by atoms with E-state index in [1.807, 2.05) is 0 Å². The highest BCUT2D eigenvalue weighted by molar-refractivity contribution is 6.77. The lowest BCUT2D eigenvalue weighted by atomic mass is 10.0. The summed E-state index contributed by atoms with van der Waals surface area (Å²) in [7, 11) is -1.91. The molecule has 0 heterocycles. The van der Waals surface area contributed by atoms with E-state index < -0.39 is 20.0 Å². The summed E-state index contributed by atoms with van der Waals surface area (Å²) in [6.45, 7) is 15.3. The summed E-state index contributed by atoms with van der Waals surface area (Å²) in [6.07, 6.45) is 0.461. The second kappa shape index (κ2) is 5.84. The molecule has 0 aromatic carbocycles. The van der Waals surface area contributed by atoms with Gasteiger partial charge in [0.25, 0.3) is 0 Å². The van der Waals surface area contributed by atoms with Crippen molar-refractivity contribution < 1.29 is 14.6 Å². The molecular weight excluding hydrogens is 256 g/mol. The van der Waals surface area contributed by atoms with Crippen LogP contribution in [0.25, 0.3) is 0 Å². The SMILES string of the molecule is CC(C)[Si](OC1C[C@H](O)[C@](C)(O)C1)(C(C)C)C(C)C. The van der Waals surface area contributed by atoms with Crippen LogP contribution in [0.1, 0.15) is 61.3 Å². The molecule has 0 radical (unpaired) electrons. The highest BCUT2D eigenvalue weighted by atomic mass is 28.4. The number of hydrogen-bond donors (Lipinski definition) is 2. The highest BCUT2D eigenvalue weighted by Crippen LogP contribution is 2.45. The lowest BCUT2D eigenvalue weighted by Gasteiger charge is -2.44. The van der Waals surface area contributed by atoms with Crippen LogP contribution < -0.4 is 0 Å². The number of rotatable bonds is 5. The maximum atomic E-state index is 10.1. The van der Waals surface area contributed by atoms with Gasteiger partial charge in [0.15, 0.2) is 0 Å². The van der Waals surface area contributed by atoms with Crippen molar-refractivity contribution in [2.45, 2.75) is 95.7 Å². The summed E-state index contributed by atoms with van der Waals surface area (Å²) in [5.74, 6) is 0. The molecule has 1 aliphatic carbocycles. The third-order valence-corrected chi connectivity index (χ3v) is 11.1. The molecule has 1 fully saturated rings. The Balaban J connectivity index is 2.92. The molecule has 0 aromatic rings. The van der Waals surface area contributed by atoms with Crippen LogP contribution in [0, 0.1) is 0 Å². The van der Waals surface area contributed by atoms with Gasteiger partial charge < -0.3 is 14.6 Å². The molecule has 1 unspecified atom stereocenters. The van der Waals surface area contributed by atoms with Crippen molar-refractivity contribution >= 4 is 8.32 Å². The summed E-state index contributed by atoms with van der Waals surface area (Å²) in [5, 5.41) is 20.1. The third kappa shape index (κ3) is 3.23. The van der Waals surface area contributed by atoms with E-state index in [-0.39, 0.29) is 6.10 Å². The van der Waals surface area contributed by atoms with Gasteiger partial charge in [-0.1, -0.05) is 41.5 Å². The zero-order valence-electron chi connectivity index (χ0n) is 13.6. The van der Waals surface area contributed by atoms with Crippen molar-refractivity contribution in [1.29, 1.82) is 0 Å². The van der Waals surface area contributed by atoms with Gasteiger partial charge in [-0.3, -0.25) is 0 Å². The Morgan fingerprint density at radius 1 is 1.05 bits per heavy atom. The van der Waals surface area contributed by atoms with Gasteiger partial charge in [0.2, 0.25) is 8.32 Å². The van der Waals surface area contributed by atoms with Gasteiger partial charge in [0, 0.05) is 12.8 Å². The van der Waals surface area contributed by atoms with Crippen LogP contribution in [0.5, 0.6) is 0 Å². The van der Waals surface area contributed by atoms with E-state index in [0.29, 0.717) is 29.5 Å². The van der Waals surface area contributed by atoms with E-state index in [1.54, 1.807) is 6.92 Å². The maximum absolute atomic E-state index is 10.1. The number of hydrogen-bond acceptors (Lipinski definition) is 3. The van der Waals surface area contributed by atoms with Gasteiger partial charge >= 0.3 is 0 Å². The van der Waals surface area contributed by atoms with Crippen LogP contribution in [0.15, 0.2) is 0 Å². The van der Waals surface area contributed by atoms with Gasteiger partial charge in [0.1, 0.15) is 0 Å².